The van der Waals surface area contributed by atoms with Gasteiger partial charge in [-0.3, -0.25) is 4.79 Å². The summed E-state index contributed by atoms with van der Waals surface area (Å²) in [5, 5.41) is 0. The molecule has 0 radical (unpaired) electrons. The molecule has 1 aromatic carbocycles. The van der Waals surface area contributed by atoms with Gasteiger partial charge in [0, 0.05) is 15.6 Å². The minimum absolute atomic E-state index is 0.0148. The fourth-order valence-corrected chi connectivity index (χ4v) is 2.48. The number of fused-ring (bicyclic) bond motifs is 1. The van der Waals surface area contributed by atoms with E-state index >= 15 is 0 Å². The van der Waals surface area contributed by atoms with Crippen LogP contribution in [0.5, 0.6) is 11.5 Å². The van der Waals surface area contributed by atoms with Gasteiger partial charge < -0.3 is 15.2 Å². The van der Waals surface area contributed by atoms with Crippen molar-refractivity contribution < 1.29 is 14.3 Å². The third-order valence-corrected chi connectivity index (χ3v) is 3.11. The molecule has 1 heterocycles. The molecule has 0 bridgehead atoms. The molecule has 16 heavy (non-hydrogen) atoms. The second kappa shape index (κ2) is 4.43. The molecule has 0 unspecified atom stereocenters. The number of Topliss-reactive ketones (excluding diaryl/α,β-unsaturated/α-hetero) is 1. The van der Waals surface area contributed by atoms with Crippen molar-refractivity contribution in [2.75, 3.05) is 19.8 Å². The van der Waals surface area contributed by atoms with Crippen LogP contribution in [0.1, 0.15) is 15.9 Å². The van der Waals surface area contributed by atoms with Crippen molar-refractivity contribution in [3.05, 3.63) is 21.7 Å². The van der Waals surface area contributed by atoms with Crippen molar-refractivity contribution in [2.45, 2.75) is 6.92 Å². The molecule has 0 fully saturated rings. The topological polar surface area (TPSA) is 61.6 Å². The van der Waals surface area contributed by atoms with Crippen LogP contribution in [0, 0.1) is 6.92 Å². The molecule has 0 amide bonds. The minimum atomic E-state index is -0.110. The highest BCUT2D eigenvalue weighted by Crippen LogP contribution is 2.39. The molecule has 0 aromatic heterocycles. The summed E-state index contributed by atoms with van der Waals surface area (Å²) in [7, 11) is 0. The number of nitrogens with two attached hydrogens (primary N) is 1. The van der Waals surface area contributed by atoms with Gasteiger partial charge in [-0.1, -0.05) is 0 Å². The van der Waals surface area contributed by atoms with Gasteiger partial charge in [0.2, 0.25) is 0 Å². The van der Waals surface area contributed by atoms with Gasteiger partial charge in [-0.05, 0) is 28.9 Å². The molecule has 1 aliphatic heterocycles. The maximum absolute atomic E-state index is 11.7. The molecule has 2 rings (SSSR count). The van der Waals surface area contributed by atoms with Crippen LogP contribution in [-0.4, -0.2) is 25.5 Å². The average molecular weight is 286 g/mol. The van der Waals surface area contributed by atoms with E-state index in [2.05, 4.69) is 15.9 Å². The molecule has 0 atom stereocenters. The number of ketones is 1. The highest BCUT2D eigenvalue weighted by atomic mass is 79.9. The molecule has 86 valence electrons. The molecule has 1 aromatic rings. The number of ether oxygens (including phenoxy) is 2. The zero-order valence-electron chi connectivity index (χ0n) is 8.88. The third kappa shape index (κ3) is 1.81. The van der Waals surface area contributed by atoms with Crippen molar-refractivity contribution in [3.63, 3.8) is 0 Å². The number of benzene rings is 1. The average Bonchev–Trinajstić information content (AvgIpc) is 2.28. The smallest absolute Gasteiger partial charge is 0.177 e. The van der Waals surface area contributed by atoms with Gasteiger partial charge in [0.15, 0.2) is 17.3 Å². The Balaban J connectivity index is 2.58. The minimum Gasteiger partial charge on any atom is -0.486 e. The van der Waals surface area contributed by atoms with E-state index in [1.54, 1.807) is 6.07 Å². The van der Waals surface area contributed by atoms with E-state index in [9.17, 15) is 4.79 Å². The largest absolute Gasteiger partial charge is 0.486 e. The molecule has 4 nitrogen and oxygen atoms in total. The van der Waals surface area contributed by atoms with Crippen LogP contribution in [0.4, 0.5) is 0 Å². The Morgan fingerprint density at radius 2 is 2.19 bits per heavy atom. The maximum Gasteiger partial charge on any atom is 0.177 e. The van der Waals surface area contributed by atoms with Crippen LogP contribution < -0.4 is 15.2 Å². The molecular formula is C11H12BrNO3. The SMILES string of the molecule is Cc1c2c(cc(Br)c1C(=O)CN)OCCO2. The van der Waals surface area contributed by atoms with Gasteiger partial charge >= 0.3 is 0 Å². The second-order valence-corrected chi connectivity index (χ2v) is 4.36. The van der Waals surface area contributed by atoms with Crippen LogP contribution in [0.15, 0.2) is 10.5 Å². The number of halogens is 1. The Bertz CT molecular complexity index is 445. The first-order valence-corrected chi connectivity index (χ1v) is 5.76. The predicted molar refractivity (Wildman–Crippen MR) is 63.3 cm³/mol. The van der Waals surface area contributed by atoms with E-state index < -0.39 is 0 Å². The fourth-order valence-electron chi connectivity index (χ4n) is 1.76. The van der Waals surface area contributed by atoms with Crippen molar-refractivity contribution >= 4 is 21.7 Å². The summed E-state index contributed by atoms with van der Waals surface area (Å²) < 4.78 is 11.7. The Kier molecular flexibility index (Phi) is 3.16. The quantitative estimate of drug-likeness (QED) is 0.840. The van der Waals surface area contributed by atoms with E-state index in [0.29, 0.717) is 34.7 Å². The molecule has 2 N–H and O–H groups in total. The van der Waals surface area contributed by atoms with E-state index in [1.807, 2.05) is 6.92 Å². The summed E-state index contributed by atoms with van der Waals surface area (Å²) in [6, 6.07) is 1.75. The van der Waals surface area contributed by atoms with Crippen LogP contribution in [-0.2, 0) is 0 Å². The second-order valence-electron chi connectivity index (χ2n) is 3.51. The van der Waals surface area contributed by atoms with Gasteiger partial charge in [0.1, 0.15) is 13.2 Å². The van der Waals surface area contributed by atoms with Crippen LogP contribution in [0.25, 0.3) is 0 Å². The first kappa shape index (κ1) is 11.4. The van der Waals surface area contributed by atoms with Crippen molar-refractivity contribution in [2.24, 2.45) is 5.73 Å². The van der Waals surface area contributed by atoms with Gasteiger partial charge in [-0.25, -0.2) is 0 Å². The molecule has 1 aliphatic rings. The third-order valence-electron chi connectivity index (χ3n) is 2.49. The lowest BCUT2D eigenvalue weighted by atomic mass is 10.0. The lowest BCUT2D eigenvalue weighted by molar-refractivity contribution is 0.0998. The van der Waals surface area contributed by atoms with Crippen LogP contribution in [0.3, 0.4) is 0 Å². The van der Waals surface area contributed by atoms with Crippen LogP contribution >= 0.6 is 15.9 Å². The standard InChI is InChI=1S/C11H12BrNO3/c1-6-10(8(14)5-13)7(12)4-9-11(6)16-3-2-15-9/h4H,2-3,5,13H2,1H3. The summed E-state index contributed by atoms with van der Waals surface area (Å²) >= 11 is 3.36. The summed E-state index contributed by atoms with van der Waals surface area (Å²) in [6.07, 6.45) is 0. The first-order valence-electron chi connectivity index (χ1n) is 4.97. The number of carbonyl (C=O) groups excluding carboxylic acids is 1. The zero-order valence-corrected chi connectivity index (χ0v) is 10.5. The lowest BCUT2D eigenvalue weighted by Crippen LogP contribution is -2.20. The highest BCUT2D eigenvalue weighted by Gasteiger charge is 2.22. The van der Waals surface area contributed by atoms with Crippen molar-refractivity contribution in [3.8, 4) is 11.5 Å². The van der Waals surface area contributed by atoms with Crippen molar-refractivity contribution in [1.29, 1.82) is 0 Å². The normalized spacial score (nSPS) is 13.7. The lowest BCUT2D eigenvalue weighted by Gasteiger charge is -2.22. The summed E-state index contributed by atoms with van der Waals surface area (Å²) in [5.74, 6) is 1.21. The maximum atomic E-state index is 11.7. The molecular weight excluding hydrogens is 274 g/mol. The number of hydrogen-bond acceptors (Lipinski definition) is 4. The number of hydrogen-bond donors (Lipinski definition) is 1. The van der Waals surface area contributed by atoms with E-state index in [1.165, 1.54) is 0 Å². The Morgan fingerprint density at radius 1 is 1.50 bits per heavy atom. The Hall–Kier alpha value is -1.07. The summed E-state index contributed by atoms with van der Waals surface area (Å²) in [4.78, 5) is 11.7. The molecule has 5 heteroatoms. The summed E-state index contributed by atoms with van der Waals surface area (Å²) in [5.41, 5.74) is 6.73. The summed E-state index contributed by atoms with van der Waals surface area (Å²) in [6.45, 7) is 2.86. The molecule has 0 saturated carbocycles. The number of carbonyl (C=O) groups is 1. The van der Waals surface area contributed by atoms with E-state index in [0.717, 1.165) is 5.56 Å². The van der Waals surface area contributed by atoms with E-state index in [-0.39, 0.29) is 12.3 Å². The first-order chi connectivity index (χ1) is 7.65. The molecule has 0 aliphatic carbocycles. The monoisotopic (exact) mass is 285 g/mol. The van der Waals surface area contributed by atoms with E-state index in [4.69, 9.17) is 15.2 Å². The number of rotatable bonds is 2. The Labute approximate surface area is 102 Å². The molecule has 0 saturated heterocycles. The predicted octanol–water partition coefficient (Wildman–Crippen LogP) is 1.67. The van der Waals surface area contributed by atoms with Gasteiger partial charge in [-0.2, -0.15) is 0 Å². The zero-order chi connectivity index (χ0) is 11.7. The Morgan fingerprint density at radius 3 is 2.88 bits per heavy atom. The molecule has 0 spiro atoms. The van der Waals surface area contributed by atoms with Gasteiger partial charge in [-0.15, -0.1) is 0 Å². The highest BCUT2D eigenvalue weighted by molar-refractivity contribution is 9.10. The van der Waals surface area contributed by atoms with Gasteiger partial charge in [0.25, 0.3) is 0 Å². The van der Waals surface area contributed by atoms with Crippen molar-refractivity contribution in [1.82, 2.24) is 0 Å². The fraction of sp³-hybridized carbons (Fsp3) is 0.364. The van der Waals surface area contributed by atoms with Crippen LogP contribution in [0.2, 0.25) is 0 Å². The van der Waals surface area contributed by atoms with Gasteiger partial charge in [0.05, 0.1) is 6.54 Å².